The van der Waals surface area contributed by atoms with E-state index in [0.717, 1.165) is 12.3 Å². The monoisotopic (exact) mass is 540 g/mol. The number of fused-ring (bicyclic) bond motifs is 2. The van der Waals surface area contributed by atoms with Gasteiger partial charge in [0.1, 0.15) is 0 Å². The third-order valence-electron chi connectivity index (χ3n) is 7.47. The van der Waals surface area contributed by atoms with E-state index in [-0.39, 0.29) is 15.8 Å². The van der Waals surface area contributed by atoms with E-state index in [9.17, 15) is 0 Å². The van der Waals surface area contributed by atoms with Crippen molar-refractivity contribution < 1.29 is 0 Å². The van der Waals surface area contributed by atoms with Gasteiger partial charge < -0.3 is 0 Å². The lowest BCUT2D eigenvalue weighted by Crippen LogP contribution is -2.09. The van der Waals surface area contributed by atoms with E-state index in [1.165, 1.54) is 62.0 Å². The van der Waals surface area contributed by atoms with Gasteiger partial charge >= 0.3 is 0 Å². The Bertz CT molecular complexity index is 1520. The van der Waals surface area contributed by atoms with Gasteiger partial charge in [-0.15, -0.1) is 0 Å². The molecule has 0 saturated carbocycles. The van der Waals surface area contributed by atoms with Crippen LogP contribution in [0.5, 0.6) is 0 Å². The van der Waals surface area contributed by atoms with Crippen LogP contribution in [-0.2, 0) is 12.3 Å². The minimum Gasteiger partial charge on any atom is -0.0708 e. The van der Waals surface area contributed by atoms with Crippen molar-refractivity contribution in [3.63, 3.8) is 0 Å². The van der Waals surface area contributed by atoms with E-state index in [1.54, 1.807) is 0 Å². The van der Waals surface area contributed by atoms with Gasteiger partial charge in [-0.2, -0.15) is 0 Å². The highest BCUT2D eigenvalue weighted by atomic mass is 31.1. The number of rotatable bonds is 10. The molecule has 192 valence electrons. The van der Waals surface area contributed by atoms with Crippen LogP contribution in [0, 0.1) is 0 Å². The molecular formula is C37H34P2. The molecule has 0 N–H and O–H groups in total. The molecule has 0 saturated heterocycles. The molecule has 2 atom stereocenters. The standard InChI is InChI=1S/C37H34P2/c1-3-16-36(17-4-1)38(28-30-20-22-32-12-7-9-14-34(32)26-30)24-11-25-39(37-18-5-2-6-19-37)29-31-21-23-33-13-8-10-15-35(33)27-31/h1-10,12-23,26-27H,11,24-25,28-29H2. The second-order valence-corrected chi connectivity index (χ2v) is 14.9. The van der Waals surface area contributed by atoms with Crippen LogP contribution in [0.3, 0.4) is 0 Å². The molecule has 0 radical (unpaired) electrons. The average Bonchev–Trinajstić information content (AvgIpc) is 3.01. The second-order valence-electron chi connectivity index (χ2n) is 10.2. The zero-order valence-electron chi connectivity index (χ0n) is 22.3. The lowest BCUT2D eigenvalue weighted by atomic mass is 10.1. The molecule has 2 unspecified atom stereocenters. The van der Waals surface area contributed by atoms with E-state index >= 15 is 0 Å². The third-order valence-corrected chi connectivity index (χ3v) is 12.7. The van der Waals surface area contributed by atoms with Crippen LogP contribution < -0.4 is 10.6 Å². The third kappa shape index (κ3) is 6.65. The Morgan fingerprint density at radius 2 is 0.744 bits per heavy atom. The van der Waals surface area contributed by atoms with Gasteiger partial charge in [-0.3, -0.25) is 0 Å². The number of hydrogen-bond acceptors (Lipinski definition) is 0. The molecule has 39 heavy (non-hydrogen) atoms. The largest absolute Gasteiger partial charge is 0.0708 e. The minimum atomic E-state index is -0.259. The quantitative estimate of drug-likeness (QED) is 0.152. The summed E-state index contributed by atoms with van der Waals surface area (Å²) >= 11 is 0. The predicted molar refractivity (Wildman–Crippen MR) is 176 cm³/mol. The summed E-state index contributed by atoms with van der Waals surface area (Å²) in [4.78, 5) is 0. The molecule has 0 heterocycles. The normalized spacial score (nSPS) is 12.9. The van der Waals surface area contributed by atoms with Gasteiger partial charge in [-0.1, -0.05) is 161 Å². The summed E-state index contributed by atoms with van der Waals surface area (Å²) in [5.41, 5.74) is 2.93. The summed E-state index contributed by atoms with van der Waals surface area (Å²) < 4.78 is 0. The SMILES string of the molecule is c1ccc(P(CCCP(Cc2ccc3ccccc3c2)c2ccccc2)Cc2ccc3ccccc3c2)cc1. The molecule has 0 aromatic heterocycles. The van der Waals surface area contributed by atoms with E-state index in [1.807, 2.05) is 0 Å². The second kappa shape index (κ2) is 12.7. The molecule has 0 fully saturated rings. The summed E-state index contributed by atoms with van der Waals surface area (Å²) in [6.45, 7) is 0. The lowest BCUT2D eigenvalue weighted by molar-refractivity contribution is 1.09. The van der Waals surface area contributed by atoms with E-state index in [4.69, 9.17) is 0 Å². The maximum Gasteiger partial charge on any atom is -0.00326 e. The molecule has 0 bridgehead atoms. The molecule has 0 aliphatic heterocycles. The Labute approximate surface area is 235 Å². The van der Waals surface area contributed by atoms with Crippen LogP contribution in [0.15, 0.2) is 146 Å². The van der Waals surface area contributed by atoms with Crippen molar-refractivity contribution in [3.8, 4) is 0 Å². The Morgan fingerprint density at radius 1 is 0.359 bits per heavy atom. The maximum absolute atomic E-state index is 2.41. The number of benzene rings is 6. The van der Waals surface area contributed by atoms with E-state index in [0.29, 0.717) is 0 Å². The Morgan fingerprint density at radius 3 is 1.18 bits per heavy atom. The van der Waals surface area contributed by atoms with Gasteiger partial charge in [0, 0.05) is 0 Å². The van der Waals surface area contributed by atoms with Crippen LogP contribution in [-0.4, -0.2) is 12.3 Å². The van der Waals surface area contributed by atoms with Gasteiger partial charge in [0.2, 0.25) is 0 Å². The predicted octanol–water partition coefficient (Wildman–Crippen LogP) is 9.70. The van der Waals surface area contributed by atoms with Crippen molar-refractivity contribution in [2.24, 2.45) is 0 Å². The first-order valence-corrected chi connectivity index (χ1v) is 17.3. The lowest BCUT2D eigenvalue weighted by Gasteiger charge is -2.22. The minimum absolute atomic E-state index is 0.259. The highest BCUT2D eigenvalue weighted by Crippen LogP contribution is 2.44. The molecule has 6 aromatic carbocycles. The summed E-state index contributed by atoms with van der Waals surface area (Å²) in [6, 6.07) is 54.1. The van der Waals surface area contributed by atoms with Crippen molar-refractivity contribution in [3.05, 3.63) is 157 Å². The van der Waals surface area contributed by atoms with Gasteiger partial charge in [-0.05, 0) is 74.3 Å². The van der Waals surface area contributed by atoms with Crippen molar-refractivity contribution in [1.82, 2.24) is 0 Å². The average molecular weight is 541 g/mol. The zero-order valence-corrected chi connectivity index (χ0v) is 24.1. The van der Waals surface area contributed by atoms with Gasteiger partial charge in [0.05, 0.1) is 0 Å². The van der Waals surface area contributed by atoms with Crippen LogP contribution in [0.4, 0.5) is 0 Å². The van der Waals surface area contributed by atoms with E-state index in [2.05, 4.69) is 146 Å². The van der Waals surface area contributed by atoms with Gasteiger partial charge in [0.15, 0.2) is 0 Å². The van der Waals surface area contributed by atoms with Gasteiger partial charge in [0.25, 0.3) is 0 Å². The molecular weight excluding hydrogens is 506 g/mol. The summed E-state index contributed by atoms with van der Waals surface area (Å²) in [5.74, 6) is 0. The molecule has 6 rings (SSSR count). The Balaban J connectivity index is 1.20. The van der Waals surface area contributed by atoms with Crippen molar-refractivity contribution in [1.29, 1.82) is 0 Å². The Kier molecular flexibility index (Phi) is 8.45. The van der Waals surface area contributed by atoms with Crippen LogP contribution in [0.25, 0.3) is 21.5 Å². The topological polar surface area (TPSA) is 0 Å². The molecule has 0 aliphatic rings. The first kappa shape index (κ1) is 26.0. The summed E-state index contributed by atoms with van der Waals surface area (Å²) in [7, 11) is -0.519. The molecule has 0 amide bonds. The van der Waals surface area contributed by atoms with Crippen molar-refractivity contribution in [2.45, 2.75) is 18.7 Å². The first-order chi connectivity index (χ1) is 19.3. The fraction of sp³-hybridized carbons (Fsp3) is 0.135. The van der Waals surface area contributed by atoms with Crippen molar-refractivity contribution >= 4 is 48.0 Å². The number of hydrogen-bond donors (Lipinski definition) is 0. The fourth-order valence-electron chi connectivity index (χ4n) is 5.44. The first-order valence-electron chi connectivity index (χ1n) is 13.9. The maximum atomic E-state index is 2.41. The van der Waals surface area contributed by atoms with E-state index < -0.39 is 0 Å². The smallest absolute Gasteiger partial charge is 0.00326 e. The molecule has 0 aliphatic carbocycles. The van der Waals surface area contributed by atoms with Gasteiger partial charge in [-0.25, -0.2) is 0 Å². The summed E-state index contributed by atoms with van der Waals surface area (Å²) in [5, 5.41) is 8.40. The summed E-state index contributed by atoms with van der Waals surface area (Å²) in [6.07, 6.45) is 6.11. The molecule has 2 heteroatoms. The highest BCUT2D eigenvalue weighted by Gasteiger charge is 2.16. The van der Waals surface area contributed by atoms with Crippen LogP contribution in [0.1, 0.15) is 17.5 Å². The highest BCUT2D eigenvalue weighted by molar-refractivity contribution is 7.65. The van der Waals surface area contributed by atoms with Crippen LogP contribution in [0.2, 0.25) is 0 Å². The fourth-order valence-corrected chi connectivity index (χ4v) is 10.4. The van der Waals surface area contributed by atoms with Crippen molar-refractivity contribution in [2.75, 3.05) is 12.3 Å². The van der Waals surface area contributed by atoms with Crippen LogP contribution >= 0.6 is 15.8 Å². The molecule has 0 nitrogen and oxygen atoms in total. The zero-order chi connectivity index (χ0) is 26.3. The molecule has 6 aromatic rings. The Hall–Kier alpha value is -3.30. The molecule has 0 spiro atoms.